The molecule has 4 aromatic rings. The number of ether oxygens (including phenoxy) is 3. The summed E-state index contributed by atoms with van der Waals surface area (Å²) in [7, 11) is 0. The maximum absolute atomic E-state index is 13.7. The van der Waals surface area contributed by atoms with Crippen LogP contribution in [-0.2, 0) is 11.3 Å². The average molecular weight is 497 g/mol. The summed E-state index contributed by atoms with van der Waals surface area (Å²) in [5, 5.41) is 1.09. The Bertz CT molecular complexity index is 1480. The van der Waals surface area contributed by atoms with Crippen LogP contribution in [0, 0.1) is 20.8 Å². The van der Waals surface area contributed by atoms with Crippen LogP contribution in [0.4, 0.5) is 0 Å². The lowest BCUT2D eigenvalue weighted by molar-refractivity contribution is 0.0733. The third kappa shape index (κ3) is 4.46. The Hall–Kier alpha value is -3.77. The Balaban J connectivity index is 1.37. The third-order valence-corrected chi connectivity index (χ3v) is 7.58. The van der Waals surface area contributed by atoms with E-state index in [1.807, 2.05) is 35.2 Å². The summed E-state index contributed by atoms with van der Waals surface area (Å²) in [5.74, 6) is 1.46. The zero-order valence-electron chi connectivity index (χ0n) is 21.6. The lowest BCUT2D eigenvalue weighted by Gasteiger charge is -2.21. The van der Waals surface area contributed by atoms with E-state index in [1.165, 1.54) is 11.1 Å². The number of aryl methyl sites for hydroxylation is 3. The van der Waals surface area contributed by atoms with Crippen LogP contribution in [-0.4, -0.2) is 48.3 Å². The number of nitrogens with one attached hydrogen (secondary N) is 1. The SMILES string of the molecule is Cc1ccccc1-c1cc2c(c(OC3CCOC3)c1)OCCN(C(=O)c1ccc3[nH]c(C)c(C)c3c1)C2. The van der Waals surface area contributed by atoms with E-state index in [2.05, 4.69) is 50.0 Å². The Kier molecular flexibility index (Phi) is 6.13. The van der Waals surface area contributed by atoms with Gasteiger partial charge in [0.15, 0.2) is 11.5 Å². The molecule has 1 saturated heterocycles. The van der Waals surface area contributed by atoms with Gasteiger partial charge in [-0.3, -0.25) is 4.79 Å². The molecule has 37 heavy (non-hydrogen) atoms. The standard InChI is InChI=1S/C31H32N2O4/c1-19-6-4-5-7-26(19)23-14-24-17-33(11-13-36-30(24)29(16-23)37-25-10-12-35-18-25)31(34)22-8-9-28-27(15-22)20(2)21(3)32-28/h4-9,14-16,25,32H,10-13,17-18H2,1-3H3. The van der Waals surface area contributed by atoms with Crippen LogP contribution in [0.3, 0.4) is 0 Å². The zero-order valence-corrected chi connectivity index (χ0v) is 21.6. The maximum Gasteiger partial charge on any atom is 0.254 e. The van der Waals surface area contributed by atoms with Gasteiger partial charge in [0.2, 0.25) is 0 Å². The van der Waals surface area contributed by atoms with Gasteiger partial charge in [0.25, 0.3) is 5.91 Å². The molecular weight excluding hydrogens is 464 g/mol. The summed E-state index contributed by atoms with van der Waals surface area (Å²) in [6.45, 7) is 8.90. The van der Waals surface area contributed by atoms with Crippen LogP contribution in [0.2, 0.25) is 0 Å². The van der Waals surface area contributed by atoms with Crippen LogP contribution in [0.5, 0.6) is 11.5 Å². The minimum absolute atomic E-state index is 0.000540. The van der Waals surface area contributed by atoms with Gasteiger partial charge in [0, 0.05) is 40.7 Å². The smallest absolute Gasteiger partial charge is 0.254 e. The number of carbonyl (C=O) groups is 1. The fourth-order valence-corrected chi connectivity index (χ4v) is 5.36. The van der Waals surface area contributed by atoms with E-state index in [0.717, 1.165) is 51.2 Å². The van der Waals surface area contributed by atoms with Gasteiger partial charge in [-0.2, -0.15) is 0 Å². The molecule has 3 heterocycles. The molecule has 1 N–H and O–H groups in total. The second kappa shape index (κ2) is 9.60. The van der Waals surface area contributed by atoms with Crippen molar-refractivity contribution in [2.45, 2.75) is 39.8 Å². The van der Waals surface area contributed by atoms with Gasteiger partial charge in [0.05, 0.1) is 19.8 Å². The molecule has 3 aromatic carbocycles. The number of carbonyl (C=O) groups excluding carboxylic acids is 1. The second-order valence-corrected chi connectivity index (χ2v) is 10.1. The predicted molar refractivity (Wildman–Crippen MR) is 144 cm³/mol. The number of hydrogen-bond acceptors (Lipinski definition) is 4. The number of amides is 1. The molecule has 1 unspecified atom stereocenters. The molecule has 0 bridgehead atoms. The van der Waals surface area contributed by atoms with E-state index in [1.54, 1.807) is 0 Å². The summed E-state index contributed by atoms with van der Waals surface area (Å²) >= 11 is 0. The van der Waals surface area contributed by atoms with Crippen molar-refractivity contribution in [1.29, 1.82) is 0 Å². The van der Waals surface area contributed by atoms with Gasteiger partial charge < -0.3 is 24.1 Å². The van der Waals surface area contributed by atoms with Crippen molar-refractivity contribution < 1.29 is 19.0 Å². The number of fused-ring (bicyclic) bond motifs is 2. The van der Waals surface area contributed by atoms with Crippen molar-refractivity contribution in [3.05, 3.63) is 82.5 Å². The molecule has 1 atom stereocenters. The first-order valence-corrected chi connectivity index (χ1v) is 13.0. The fraction of sp³-hybridized carbons (Fsp3) is 0.323. The molecule has 190 valence electrons. The Labute approximate surface area is 217 Å². The third-order valence-electron chi connectivity index (χ3n) is 7.58. The van der Waals surface area contributed by atoms with Gasteiger partial charge in [-0.05, 0) is 73.4 Å². The fourth-order valence-electron chi connectivity index (χ4n) is 5.36. The van der Waals surface area contributed by atoms with Crippen LogP contribution in [0.15, 0.2) is 54.6 Å². The summed E-state index contributed by atoms with van der Waals surface area (Å²) in [5.41, 5.74) is 8.38. The van der Waals surface area contributed by atoms with E-state index >= 15 is 0 Å². The van der Waals surface area contributed by atoms with Crippen LogP contribution < -0.4 is 9.47 Å². The molecule has 1 amide bonds. The second-order valence-electron chi connectivity index (χ2n) is 10.1. The first-order valence-electron chi connectivity index (χ1n) is 13.0. The molecule has 6 nitrogen and oxygen atoms in total. The van der Waals surface area contributed by atoms with Gasteiger partial charge in [-0.25, -0.2) is 0 Å². The number of hydrogen-bond donors (Lipinski definition) is 1. The lowest BCUT2D eigenvalue weighted by atomic mass is 9.97. The summed E-state index contributed by atoms with van der Waals surface area (Å²) in [6, 6.07) is 18.4. The van der Waals surface area contributed by atoms with Crippen LogP contribution in [0.1, 0.15) is 39.2 Å². The average Bonchev–Trinajstić information content (AvgIpc) is 3.44. The number of aromatic nitrogens is 1. The number of benzene rings is 3. The molecule has 1 fully saturated rings. The quantitative estimate of drug-likeness (QED) is 0.379. The topological polar surface area (TPSA) is 63.8 Å². The molecule has 6 rings (SSSR count). The lowest BCUT2D eigenvalue weighted by Crippen LogP contribution is -2.32. The maximum atomic E-state index is 13.7. The van der Waals surface area contributed by atoms with Gasteiger partial charge in [-0.15, -0.1) is 0 Å². The highest BCUT2D eigenvalue weighted by Crippen LogP contribution is 2.40. The van der Waals surface area contributed by atoms with Crippen LogP contribution in [0.25, 0.3) is 22.0 Å². The zero-order chi connectivity index (χ0) is 25.5. The normalized spacial score (nSPS) is 17.4. The number of rotatable bonds is 4. The summed E-state index contributed by atoms with van der Waals surface area (Å²) < 4.78 is 18.2. The highest BCUT2D eigenvalue weighted by atomic mass is 16.6. The van der Waals surface area contributed by atoms with E-state index in [4.69, 9.17) is 14.2 Å². The first kappa shape index (κ1) is 23.6. The number of nitrogens with zero attached hydrogens (tertiary/aromatic N) is 1. The van der Waals surface area contributed by atoms with Crippen molar-refractivity contribution in [2.24, 2.45) is 0 Å². The molecule has 0 aliphatic carbocycles. The first-order chi connectivity index (χ1) is 18.0. The van der Waals surface area contributed by atoms with Crippen molar-refractivity contribution in [2.75, 3.05) is 26.4 Å². The molecule has 0 radical (unpaired) electrons. The Morgan fingerprint density at radius 2 is 1.92 bits per heavy atom. The number of H-pyrrole nitrogens is 1. The molecule has 6 heteroatoms. The molecule has 0 spiro atoms. The summed E-state index contributed by atoms with van der Waals surface area (Å²) in [6.07, 6.45) is 0.856. The predicted octanol–water partition coefficient (Wildman–Crippen LogP) is 5.96. The Morgan fingerprint density at radius 1 is 1.05 bits per heavy atom. The van der Waals surface area contributed by atoms with Gasteiger partial charge in [0.1, 0.15) is 12.7 Å². The molecule has 0 saturated carbocycles. The van der Waals surface area contributed by atoms with Crippen molar-refractivity contribution >= 4 is 16.8 Å². The minimum Gasteiger partial charge on any atom is -0.487 e. The highest BCUT2D eigenvalue weighted by molar-refractivity contribution is 5.99. The van der Waals surface area contributed by atoms with Crippen molar-refractivity contribution in [1.82, 2.24) is 9.88 Å². The highest BCUT2D eigenvalue weighted by Gasteiger charge is 2.27. The van der Waals surface area contributed by atoms with Gasteiger partial charge in [-0.1, -0.05) is 24.3 Å². The van der Waals surface area contributed by atoms with E-state index < -0.39 is 0 Å². The molecular formula is C31H32N2O4. The Morgan fingerprint density at radius 3 is 2.73 bits per heavy atom. The van der Waals surface area contributed by atoms with Crippen molar-refractivity contribution in [3.8, 4) is 22.6 Å². The summed E-state index contributed by atoms with van der Waals surface area (Å²) in [4.78, 5) is 19.0. The monoisotopic (exact) mass is 496 g/mol. The molecule has 1 aromatic heterocycles. The van der Waals surface area contributed by atoms with Crippen LogP contribution >= 0.6 is 0 Å². The molecule has 2 aliphatic heterocycles. The number of aromatic amines is 1. The largest absolute Gasteiger partial charge is 0.487 e. The minimum atomic E-state index is 0.000540. The molecule has 2 aliphatic rings. The van der Waals surface area contributed by atoms with E-state index in [-0.39, 0.29) is 12.0 Å². The van der Waals surface area contributed by atoms with Gasteiger partial charge >= 0.3 is 0 Å². The van der Waals surface area contributed by atoms with Crippen molar-refractivity contribution in [3.63, 3.8) is 0 Å². The van der Waals surface area contributed by atoms with E-state index in [9.17, 15) is 4.79 Å². The van der Waals surface area contributed by atoms with E-state index in [0.29, 0.717) is 38.5 Å².